The van der Waals surface area contributed by atoms with Crippen molar-refractivity contribution in [3.63, 3.8) is 0 Å². The number of nitrogens with zero attached hydrogens (tertiary/aromatic N) is 1. The molecule has 4 heteroatoms. The highest BCUT2D eigenvalue weighted by atomic mass is 79.9. The van der Waals surface area contributed by atoms with Crippen molar-refractivity contribution in [1.82, 2.24) is 0 Å². The zero-order valence-electron chi connectivity index (χ0n) is 12.1. The molecule has 0 fully saturated rings. The van der Waals surface area contributed by atoms with Gasteiger partial charge in [-0.2, -0.15) is 5.26 Å². The van der Waals surface area contributed by atoms with E-state index in [1.807, 2.05) is 36.4 Å². The van der Waals surface area contributed by atoms with Crippen LogP contribution in [0, 0.1) is 11.3 Å². The molecule has 2 rings (SSSR count). The molecule has 0 aliphatic rings. The van der Waals surface area contributed by atoms with Crippen LogP contribution in [-0.4, -0.2) is 13.2 Å². The summed E-state index contributed by atoms with van der Waals surface area (Å²) >= 11 is 3.33. The maximum atomic E-state index is 9.08. The van der Waals surface area contributed by atoms with Crippen molar-refractivity contribution in [2.24, 2.45) is 0 Å². The zero-order chi connectivity index (χ0) is 15.8. The van der Waals surface area contributed by atoms with Crippen molar-refractivity contribution >= 4 is 15.9 Å². The molecule has 112 valence electrons. The second kappa shape index (κ2) is 8.26. The van der Waals surface area contributed by atoms with Crippen molar-refractivity contribution in [2.45, 2.75) is 6.42 Å². The van der Waals surface area contributed by atoms with Gasteiger partial charge in [0.25, 0.3) is 0 Å². The SMILES string of the molecule is C=CCc1ccccc1OCCOc1ccc(Br)cc1C#N. The summed E-state index contributed by atoms with van der Waals surface area (Å²) in [4.78, 5) is 0. The van der Waals surface area contributed by atoms with Gasteiger partial charge in [0.1, 0.15) is 30.8 Å². The van der Waals surface area contributed by atoms with Crippen molar-refractivity contribution in [3.05, 3.63) is 70.7 Å². The number of para-hydroxylation sites is 1. The Labute approximate surface area is 138 Å². The largest absolute Gasteiger partial charge is 0.490 e. The Hall–Kier alpha value is -2.25. The Balaban J connectivity index is 1.90. The summed E-state index contributed by atoms with van der Waals surface area (Å²) in [7, 11) is 0. The van der Waals surface area contributed by atoms with E-state index in [1.54, 1.807) is 12.1 Å². The number of hydrogen-bond acceptors (Lipinski definition) is 3. The highest BCUT2D eigenvalue weighted by Gasteiger charge is 2.05. The van der Waals surface area contributed by atoms with Crippen molar-refractivity contribution < 1.29 is 9.47 Å². The highest BCUT2D eigenvalue weighted by molar-refractivity contribution is 9.10. The first-order valence-electron chi connectivity index (χ1n) is 6.88. The lowest BCUT2D eigenvalue weighted by atomic mass is 10.1. The van der Waals surface area contributed by atoms with Gasteiger partial charge >= 0.3 is 0 Å². The topological polar surface area (TPSA) is 42.2 Å². The van der Waals surface area contributed by atoms with Gasteiger partial charge < -0.3 is 9.47 Å². The first-order valence-corrected chi connectivity index (χ1v) is 7.68. The molecule has 2 aromatic carbocycles. The van der Waals surface area contributed by atoms with Gasteiger partial charge in [-0.25, -0.2) is 0 Å². The Kier molecular flexibility index (Phi) is 6.05. The van der Waals surface area contributed by atoms with Crippen LogP contribution in [0.25, 0.3) is 0 Å². The van der Waals surface area contributed by atoms with Crippen LogP contribution >= 0.6 is 15.9 Å². The van der Waals surface area contributed by atoms with Crippen LogP contribution in [-0.2, 0) is 6.42 Å². The Morgan fingerprint density at radius 2 is 1.82 bits per heavy atom. The molecule has 0 saturated heterocycles. The number of halogens is 1. The second-order valence-electron chi connectivity index (χ2n) is 4.55. The fraction of sp³-hybridized carbons (Fsp3) is 0.167. The molecule has 0 aromatic heterocycles. The van der Waals surface area contributed by atoms with E-state index >= 15 is 0 Å². The van der Waals surface area contributed by atoms with E-state index in [-0.39, 0.29) is 0 Å². The lowest BCUT2D eigenvalue weighted by Gasteiger charge is -2.12. The van der Waals surface area contributed by atoms with Crippen molar-refractivity contribution in [1.29, 1.82) is 5.26 Å². The first-order chi connectivity index (χ1) is 10.7. The molecule has 0 unspecified atom stereocenters. The van der Waals surface area contributed by atoms with Crippen LogP contribution in [0.3, 0.4) is 0 Å². The summed E-state index contributed by atoms with van der Waals surface area (Å²) in [5.41, 5.74) is 1.60. The zero-order valence-corrected chi connectivity index (χ0v) is 13.7. The van der Waals surface area contributed by atoms with Crippen LogP contribution in [0.2, 0.25) is 0 Å². The Bertz CT molecular complexity index is 692. The number of nitriles is 1. The van der Waals surface area contributed by atoms with E-state index in [9.17, 15) is 0 Å². The number of hydrogen-bond donors (Lipinski definition) is 0. The Morgan fingerprint density at radius 3 is 2.55 bits per heavy atom. The Morgan fingerprint density at radius 1 is 1.09 bits per heavy atom. The second-order valence-corrected chi connectivity index (χ2v) is 5.47. The van der Waals surface area contributed by atoms with Gasteiger partial charge in [0.15, 0.2) is 0 Å². The minimum Gasteiger partial charge on any atom is -0.490 e. The molecule has 0 amide bonds. The molecule has 0 aliphatic carbocycles. The molecule has 0 aliphatic heterocycles. The van der Waals surface area contributed by atoms with E-state index in [1.165, 1.54) is 0 Å². The molecule has 0 spiro atoms. The van der Waals surface area contributed by atoms with E-state index in [0.717, 1.165) is 22.2 Å². The minimum absolute atomic E-state index is 0.374. The quantitative estimate of drug-likeness (QED) is 0.540. The average molecular weight is 358 g/mol. The molecular formula is C18H16BrNO2. The molecule has 0 bridgehead atoms. The molecule has 22 heavy (non-hydrogen) atoms. The summed E-state index contributed by atoms with van der Waals surface area (Å²) in [6.07, 6.45) is 2.61. The normalized spacial score (nSPS) is 9.82. The average Bonchev–Trinajstić information content (AvgIpc) is 2.54. The van der Waals surface area contributed by atoms with Crippen LogP contribution in [0.4, 0.5) is 0 Å². The first kappa shape index (κ1) is 16.1. The van der Waals surface area contributed by atoms with Gasteiger partial charge in [0, 0.05) is 4.47 Å². The lowest BCUT2D eigenvalue weighted by Crippen LogP contribution is -2.10. The van der Waals surface area contributed by atoms with E-state index in [2.05, 4.69) is 28.6 Å². The summed E-state index contributed by atoms with van der Waals surface area (Å²) in [6, 6.07) is 15.3. The van der Waals surface area contributed by atoms with Crippen LogP contribution < -0.4 is 9.47 Å². The third-order valence-electron chi connectivity index (χ3n) is 3.00. The molecule has 3 nitrogen and oxygen atoms in total. The summed E-state index contributed by atoms with van der Waals surface area (Å²) in [5, 5.41) is 9.08. The minimum atomic E-state index is 0.374. The molecular weight excluding hydrogens is 342 g/mol. The van der Waals surface area contributed by atoms with Crippen molar-refractivity contribution in [2.75, 3.05) is 13.2 Å². The monoisotopic (exact) mass is 357 g/mol. The predicted molar refractivity (Wildman–Crippen MR) is 90.2 cm³/mol. The van der Waals surface area contributed by atoms with Gasteiger partial charge in [-0.1, -0.05) is 40.2 Å². The maximum absolute atomic E-state index is 9.08. The molecule has 0 N–H and O–H groups in total. The molecule has 0 heterocycles. The summed E-state index contributed by atoms with van der Waals surface area (Å²) < 4.78 is 12.2. The third kappa shape index (κ3) is 4.37. The standard InChI is InChI=1S/C18H16BrNO2/c1-2-5-14-6-3-4-7-17(14)21-10-11-22-18-9-8-16(19)12-15(18)13-20/h2-4,6-9,12H,1,5,10-11H2. The smallest absolute Gasteiger partial charge is 0.137 e. The lowest BCUT2D eigenvalue weighted by molar-refractivity contribution is 0.215. The predicted octanol–water partition coefficient (Wildman–Crippen LogP) is 4.51. The highest BCUT2D eigenvalue weighted by Crippen LogP contribution is 2.23. The summed E-state index contributed by atoms with van der Waals surface area (Å²) in [6.45, 7) is 4.53. The third-order valence-corrected chi connectivity index (χ3v) is 3.49. The van der Waals surface area contributed by atoms with Crippen LogP contribution in [0.5, 0.6) is 11.5 Å². The van der Waals surface area contributed by atoms with Crippen LogP contribution in [0.1, 0.15) is 11.1 Å². The molecule has 0 saturated carbocycles. The molecule has 0 atom stereocenters. The fourth-order valence-electron chi connectivity index (χ4n) is 1.99. The van der Waals surface area contributed by atoms with Gasteiger partial charge in [-0.3, -0.25) is 0 Å². The van der Waals surface area contributed by atoms with E-state index in [4.69, 9.17) is 14.7 Å². The number of ether oxygens (including phenoxy) is 2. The van der Waals surface area contributed by atoms with Crippen molar-refractivity contribution in [3.8, 4) is 17.6 Å². The van der Waals surface area contributed by atoms with Crippen LogP contribution in [0.15, 0.2) is 59.6 Å². The van der Waals surface area contributed by atoms with E-state index < -0.39 is 0 Å². The maximum Gasteiger partial charge on any atom is 0.137 e. The number of allylic oxidation sites excluding steroid dienone is 1. The summed E-state index contributed by atoms with van der Waals surface area (Å²) in [5.74, 6) is 1.40. The van der Waals surface area contributed by atoms with Gasteiger partial charge in [-0.05, 0) is 36.2 Å². The van der Waals surface area contributed by atoms with Gasteiger partial charge in [-0.15, -0.1) is 6.58 Å². The van der Waals surface area contributed by atoms with Gasteiger partial charge in [0.2, 0.25) is 0 Å². The number of benzene rings is 2. The number of rotatable bonds is 7. The fourth-order valence-corrected chi connectivity index (χ4v) is 2.35. The molecule has 0 radical (unpaired) electrons. The van der Waals surface area contributed by atoms with E-state index in [0.29, 0.717) is 24.5 Å². The van der Waals surface area contributed by atoms with Gasteiger partial charge in [0.05, 0.1) is 5.56 Å². The molecule has 2 aromatic rings.